The van der Waals surface area contributed by atoms with Crippen LogP contribution in [-0.2, 0) is 6.54 Å². The van der Waals surface area contributed by atoms with E-state index in [-0.39, 0.29) is 0 Å². The van der Waals surface area contributed by atoms with Gasteiger partial charge in [-0.1, -0.05) is 28.8 Å². The molecular weight excluding hydrogens is 182 g/mol. The Balaban J connectivity index is 2.33. The van der Waals surface area contributed by atoms with Crippen molar-refractivity contribution in [2.45, 2.75) is 6.54 Å². The predicted molar refractivity (Wildman–Crippen MR) is 51.9 cm³/mol. The fourth-order valence-corrected chi connectivity index (χ4v) is 1.60. The molecule has 2 rings (SSSR count). The number of aromatic nitrogens is 2. The van der Waals surface area contributed by atoms with E-state index >= 15 is 0 Å². The van der Waals surface area contributed by atoms with Gasteiger partial charge in [0.05, 0.1) is 6.54 Å². The maximum atomic E-state index is 3.99. The summed E-state index contributed by atoms with van der Waals surface area (Å²) >= 11 is 1.37. The highest BCUT2D eigenvalue weighted by Crippen LogP contribution is 2.17. The van der Waals surface area contributed by atoms with Crippen LogP contribution in [0.3, 0.4) is 0 Å². The Morgan fingerprint density at radius 1 is 1.23 bits per heavy atom. The maximum absolute atomic E-state index is 3.99. The molecule has 4 heteroatoms. The van der Waals surface area contributed by atoms with Gasteiger partial charge in [-0.3, -0.25) is 0 Å². The number of benzene rings is 1. The smallest absolute Gasteiger partial charge is 0.105 e. The maximum Gasteiger partial charge on any atom is 0.105 e. The Bertz CT molecular complexity index is 366. The van der Waals surface area contributed by atoms with E-state index in [1.165, 1.54) is 17.1 Å². The molecule has 3 nitrogen and oxygen atoms in total. The summed E-state index contributed by atoms with van der Waals surface area (Å²) in [5.74, 6) is 0. The molecule has 13 heavy (non-hydrogen) atoms. The molecule has 0 bridgehead atoms. The third-order valence-corrected chi connectivity index (χ3v) is 2.40. The van der Waals surface area contributed by atoms with E-state index in [1.54, 1.807) is 0 Å². The first-order valence-electron chi connectivity index (χ1n) is 4.06. The SMILES string of the molecule is [NH3+]Cc1ccc(-c2csnn2)cc1. The van der Waals surface area contributed by atoms with Gasteiger partial charge in [-0.25, -0.2) is 0 Å². The van der Waals surface area contributed by atoms with Crippen LogP contribution in [0.2, 0.25) is 0 Å². The topological polar surface area (TPSA) is 53.4 Å². The summed E-state index contributed by atoms with van der Waals surface area (Å²) < 4.78 is 3.82. The van der Waals surface area contributed by atoms with Gasteiger partial charge < -0.3 is 5.73 Å². The van der Waals surface area contributed by atoms with Crippen LogP contribution in [0.5, 0.6) is 0 Å². The van der Waals surface area contributed by atoms with Gasteiger partial charge in [-0.2, -0.15) is 0 Å². The van der Waals surface area contributed by atoms with Crippen molar-refractivity contribution in [1.82, 2.24) is 9.59 Å². The number of hydrogen-bond acceptors (Lipinski definition) is 3. The second-order valence-corrected chi connectivity index (χ2v) is 3.35. The molecule has 0 saturated carbocycles. The van der Waals surface area contributed by atoms with Crippen molar-refractivity contribution in [2.24, 2.45) is 0 Å². The van der Waals surface area contributed by atoms with Crippen molar-refractivity contribution < 1.29 is 5.73 Å². The minimum absolute atomic E-state index is 0.829. The Morgan fingerprint density at radius 3 is 2.54 bits per heavy atom. The van der Waals surface area contributed by atoms with E-state index in [1.807, 2.05) is 5.38 Å². The fraction of sp³-hybridized carbons (Fsp3) is 0.111. The summed E-state index contributed by atoms with van der Waals surface area (Å²) in [6, 6.07) is 8.25. The van der Waals surface area contributed by atoms with E-state index < -0.39 is 0 Å². The molecule has 1 aromatic heterocycles. The van der Waals surface area contributed by atoms with Gasteiger partial charge in [-0.15, -0.1) is 5.10 Å². The van der Waals surface area contributed by atoms with Crippen molar-refractivity contribution in [3.63, 3.8) is 0 Å². The summed E-state index contributed by atoms with van der Waals surface area (Å²) in [6.45, 7) is 0.829. The molecule has 0 amide bonds. The lowest BCUT2D eigenvalue weighted by Gasteiger charge is -1.96. The molecule has 0 aliphatic carbocycles. The first-order valence-corrected chi connectivity index (χ1v) is 4.89. The number of hydrogen-bond donors (Lipinski definition) is 1. The normalized spacial score (nSPS) is 10.2. The molecule has 0 saturated heterocycles. The highest BCUT2D eigenvalue weighted by atomic mass is 32.1. The Morgan fingerprint density at radius 2 is 2.00 bits per heavy atom. The minimum Gasteiger partial charge on any atom is -0.354 e. The molecule has 0 aliphatic heterocycles. The molecule has 0 aliphatic rings. The minimum atomic E-state index is 0.829. The van der Waals surface area contributed by atoms with Gasteiger partial charge in [0, 0.05) is 16.5 Å². The first-order chi connectivity index (χ1) is 6.40. The van der Waals surface area contributed by atoms with Crippen LogP contribution in [0.1, 0.15) is 5.56 Å². The lowest BCUT2D eigenvalue weighted by atomic mass is 10.1. The van der Waals surface area contributed by atoms with Crippen LogP contribution in [0.25, 0.3) is 11.3 Å². The van der Waals surface area contributed by atoms with Gasteiger partial charge in [0.1, 0.15) is 5.69 Å². The van der Waals surface area contributed by atoms with Crippen molar-refractivity contribution in [1.29, 1.82) is 0 Å². The summed E-state index contributed by atoms with van der Waals surface area (Å²) in [7, 11) is 0. The lowest BCUT2D eigenvalue weighted by Crippen LogP contribution is -2.47. The van der Waals surface area contributed by atoms with E-state index in [0.29, 0.717) is 0 Å². The van der Waals surface area contributed by atoms with Crippen LogP contribution in [0.15, 0.2) is 29.6 Å². The molecule has 0 unspecified atom stereocenters. The molecule has 1 aromatic carbocycles. The summed E-state index contributed by atoms with van der Waals surface area (Å²) in [5.41, 5.74) is 7.13. The molecule has 66 valence electrons. The zero-order valence-corrected chi connectivity index (χ0v) is 7.92. The first kappa shape index (κ1) is 8.34. The average Bonchev–Trinajstić information content (AvgIpc) is 2.71. The monoisotopic (exact) mass is 192 g/mol. The van der Waals surface area contributed by atoms with Crippen LogP contribution in [-0.4, -0.2) is 9.59 Å². The van der Waals surface area contributed by atoms with Gasteiger partial charge in [-0.05, 0) is 11.5 Å². The van der Waals surface area contributed by atoms with Crippen molar-refractivity contribution >= 4 is 11.5 Å². The number of nitrogens with zero attached hydrogens (tertiary/aromatic N) is 2. The quantitative estimate of drug-likeness (QED) is 0.770. The fourth-order valence-electron chi connectivity index (χ4n) is 1.13. The molecule has 1 heterocycles. The highest BCUT2D eigenvalue weighted by molar-refractivity contribution is 7.03. The second-order valence-electron chi connectivity index (χ2n) is 2.74. The zero-order valence-electron chi connectivity index (χ0n) is 7.10. The molecule has 2 aromatic rings. The number of quaternary nitrogens is 1. The largest absolute Gasteiger partial charge is 0.354 e. The van der Waals surface area contributed by atoms with Crippen molar-refractivity contribution in [3.05, 3.63) is 35.2 Å². The second kappa shape index (κ2) is 3.64. The number of rotatable bonds is 2. The Kier molecular flexibility index (Phi) is 2.33. The van der Waals surface area contributed by atoms with Crippen LogP contribution in [0.4, 0.5) is 0 Å². The third kappa shape index (κ3) is 1.74. The molecular formula is C9H10N3S+. The van der Waals surface area contributed by atoms with Crippen LogP contribution in [0, 0.1) is 0 Å². The van der Waals surface area contributed by atoms with Crippen LogP contribution < -0.4 is 5.73 Å². The van der Waals surface area contributed by atoms with E-state index in [0.717, 1.165) is 17.8 Å². The van der Waals surface area contributed by atoms with Crippen molar-refractivity contribution in [3.8, 4) is 11.3 Å². The van der Waals surface area contributed by atoms with Gasteiger partial charge in [0.25, 0.3) is 0 Å². The summed E-state index contributed by atoms with van der Waals surface area (Å²) in [6.07, 6.45) is 0. The predicted octanol–water partition coefficient (Wildman–Crippen LogP) is 0.947. The Hall–Kier alpha value is -1.26. The molecule has 0 fully saturated rings. The lowest BCUT2D eigenvalue weighted by molar-refractivity contribution is -0.386. The van der Waals surface area contributed by atoms with Crippen molar-refractivity contribution in [2.75, 3.05) is 0 Å². The zero-order chi connectivity index (χ0) is 9.10. The van der Waals surface area contributed by atoms with Crippen LogP contribution >= 0.6 is 11.5 Å². The molecule has 0 atom stereocenters. The van der Waals surface area contributed by atoms with Gasteiger partial charge >= 0.3 is 0 Å². The molecule has 0 spiro atoms. The average molecular weight is 192 g/mol. The Labute approximate surface area is 80.4 Å². The van der Waals surface area contributed by atoms with Gasteiger partial charge in [0.2, 0.25) is 0 Å². The van der Waals surface area contributed by atoms with E-state index in [9.17, 15) is 0 Å². The summed E-state index contributed by atoms with van der Waals surface area (Å²) in [4.78, 5) is 0. The summed E-state index contributed by atoms with van der Waals surface area (Å²) in [5, 5.41) is 5.94. The highest BCUT2D eigenvalue weighted by Gasteiger charge is 1.99. The van der Waals surface area contributed by atoms with E-state index in [4.69, 9.17) is 0 Å². The van der Waals surface area contributed by atoms with E-state index in [2.05, 4.69) is 39.6 Å². The third-order valence-electron chi connectivity index (χ3n) is 1.90. The molecule has 0 radical (unpaired) electrons. The standard InChI is InChI=1S/C9H9N3S/c10-5-7-1-3-8(4-2-7)9-6-13-12-11-9/h1-4,6H,5,10H2/p+1. The van der Waals surface area contributed by atoms with Gasteiger partial charge in [0.15, 0.2) is 0 Å². The molecule has 3 N–H and O–H groups in total.